The van der Waals surface area contributed by atoms with E-state index in [0.717, 1.165) is 11.1 Å². The predicted octanol–water partition coefficient (Wildman–Crippen LogP) is 1.56. The van der Waals surface area contributed by atoms with E-state index in [1.54, 1.807) is 33.5 Å². The van der Waals surface area contributed by atoms with Crippen molar-refractivity contribution in [2.75, 3.05) is 21.3 Å². The third-order valence-electron chi connectivity index (χ3n) is 3.39. The summed E-state index contributed by atoms with van der Waals surface area (Å²) >= 11 is 0. The first-order valence-electron chi connectivity index (χ1n) is 7.03. The minimum atomic E-state index is -1.46. The number of hydrogen-bond acceptors (Lipinski definition) is 5. The van der Waals surface area contributed by atoms with Gasteiger partial charge in [0.05, 0.1) is 21.3 Å². The third-order valence-corrected chi connectivity index (χ3v) is 3.39. The van der Waals surface area contributed by atoms with E-state index in [4.69, 9.17) is 24.3 Å². The number of ether oxygens (including phenoxy) is 3. The van der Waals surface area contributed by atoms with Crippen molar-refractivity contribution in [3.05, 3.63) is 47.5 Å². The molecule has 2 aromatic carbocycles. The van der Waals surface area contributed by atoms with Gasteiger partial charge in [-0.05, 0) is 28.7 Å². The summed E-state index contributed by atoms with van der Waals surface area (Å²) in [6.45, 7) is 0. The van der Waals surface area contributed by atoms with E-state index in [0.29, 0.717) is 22.7 Å². The second kappa shape index (κ2) is 7.71. The summed E-state index contributed by atoms with van der Waals surface area (Å²) in [7, 11) is 3.25. The van der Waals surface area contributed by atoms with Crippen molar-refractivity contribution in [2.45, 2.75) is 0 Å². The largest absolute Gasteiger partial charge is 0.493 e. The molecule has 2 rings (SSSR count). The standard InChI is InChI=1S/C17H19BO5/c1-21-15-10-13(11-16(22-2)17(15)23-3)5-4-12-6-8-14(9-7-12)18(19)20/h4-11,19-20H,1-3H3. The molecule has 2 N–H and O–H groups in total. The quantitative estimate of drug-likeness (QED) is 0.626. The molecule has 0 saturated carbocycles. The predicted molar refractivity (Wildman–Crippen MR) is 91.3 cm³/mol. The lowest BCUT2D eigenvalue weighted by molar-refractivity contribution is 0.324. The highest BCUT2D eigenvalue weighted by Crippen LogP contribution is 2.38. The van der Waals surface area contributed by atoms with E-state index >= 15 is 0 Å². The Morgan fingerprint density at radius 1 is 0.783 bits per heavy atom. The molecule has 0 unspecified atom stereocenters. The smallest absolute Gasteiger partial charge is 0.488 e. The molecule has 0 aromatic heterocycles. The molecule has 0 radical (unpaired) electrons. The fourth-order valence-corrected chi connectivity index (χ4v) is 2.17. The molecule has 0 atom stereocenters. The van der Waals surface area contributed by atoms with Gasteiger partial charge in [-0.1, -0.05) is 36.4 Å². The number of methoxy groups -OCH3 is 3. The fourth-order valence-electron chi connectivity index (χ4n) is 2.17. The topological polar surface area (TPSA) is 68.2 Å². The van der Waals surface area contributed by atoms with Crippen LogP contribution in [0.15, 0.2) is 36.4 Å². The Labute approximate surface area is 135 Å². The Hall–Kier alpha value is -2.44. The van der Waals surface area contributed by atoms with Gasteiger partial charge in [-0.25, -0.2) is 0 Å². The molecule has 0 fully saturated rings. The molecule has 0 bridgehead atoms. The van der Waals surface area contributed by atoms with Crippen molar-refractivity contribution in [2.24, 2.45) is 0 Å². The zero-order valence-electron chi connectivity index (χ0n) is 13.3. The molecule has 6 heteroatoms. The third kappa shape index (κ3) is 4.06. The van der Waals surface area contributed by atoms with E-state index < -0.39 is 7.12 Å². The average Bonchev–Trinajstić information content (AvgIpc) is 2.59. The van der Waals surface area contributed by atoms with Crippen LogP contribution in [0.1, 0.15) is 11.1 Å². The summed E-state index contributed by atoms with van der Waals surface area (Å²) in [5, 5.41) is 18.2. The van der Waals surface area contributed by atoms with Gasteiger partial charge in [0.2, 0.25) is 5.75 Å². The lowest BCUT2D eigenvalue weighted by Gasteiger charge is -2.12. The number of hydrogen-bond donors (Lipinski definition) is 2. The van der Waals surface area contributed by atoms with Crippen LogP contribution < -0.4 is 19.7 Å². The number of benzene rings is 2. The van der Waals surface area contributed by atoms with Crippen LogP contribution in [0.4, 0.5) is 0 Å². The van der Waals surface area contributed by atoms with Crippen LogP contribution in [0.25, 0.3) is 12.2 Å². The Morgan fingerprint density at radius 2 is 1.30 bits per heavy atom. The molecule has 0 amide bonds. The van der Waals surface area contributed by atoms with Crippen LogP contribution in [0.5, 0.6) is 17.2 Å². The van der Waals surface area contributed by atoms with Crippen LogP contribution in [-0.4, -0.2) is 38.5 Å². The van der Waals surface area contributed by atoms with Gasteiger partial charge in [-0.3, -0.25) is 0 Å². The van der Waals surface area contributed by atoms with Gasteiger partial charge in [0.1, 0.15) is 0 Å². The van der Waals surface area contributed by atoms with E-state index in [1.165, 1.54) is 0 Å². The summed E-state index contributed by atoms with van der Waals surface area (Å²) in [4.78, 5) is 0. The lowest BCUT2D eigenvalue weighted by atomic mass is 9.80. The van der Waals surface area contributed by atoms with Crippen molar-refractivity contribution in [3.63, 3.8) is 0 Å². The van der Waals surface area contributed by atoms with Gasteiger partial charge in [0.15, 0.2) is 11.5 Å². The van der Waals surface area contributed by atoms with Gasteiger partial charge in [-0.15, -0.1) is 0 Å². The van der Waals surface area contributed by atoms with Crippen molar-refractivity contribution in [3.8, 4) is 17.2 Å². The van der Waals surface area contributed by atoms with Crippen LogP contribution in [-0.2, 0) is 0 Å². The molecular formula is C17H19BO5. The maximum absolute atomic E-state index is 9.09. The van der Waals surface area contributed by atoms with Gasteiger partial charge in [0.25, 0.3) is 0 Å². The highest BCUT2D eigenvalue weighted by molar-refractivity contribution is 6.58. The van der Waals surface area contributed by atoms with Crippen molar-refractivity contribution in [1.82, 2.24) is 0 Å². The minimum absolute atomic E-state index is 0.454. The highest BCUT2D eigenvalue weighted by atomic mass is 16.5. The maximum Gasteiger partial charge on any atom is 0.488 e. The molecule has 0 spiro atoms. The maximum atomic E-state index is 9.09. The molecule has 0 aliphatic rings. The Balaban J connectivity index is 2.28. The summed E-state index contributed by atoms with van der Waals surface area (Å²) in [5.41, 5.74) is 2.28. The van der Waals surface area contributed by atoms with Gasteiger partial charge < -0.3 is 24.3 Å². The van der Waals surface area contributed by atoms with E-state index in [-0.39, 0.29) is 0 Å². The monoisotopic (exact) mass is 314 g/mol. The van der Waals surface area contributed by atoms with Gasteiger partial charge in [0, 0.05) is 0 Å². The second-order valence-electron chi connectivity index (χ2n) is 4.83. The molecule has 120 valence electrons. The number of rotatable bonds is 6. The second-order valence-corrected chi connectivity index (χ2v) is 4.83. The fraction of sp³-hybridized carbons (Fsp3) is 0.176. The molecule has 0 heterocycles. The van der Waals surface area contributed by atoms with Crippen LogP contribution in [0, 0.1) is 0 Å². The van der Waals surface area contributed by atoms with Gasteiger partial charge in [-0.2, -0.15) is 0 Å². The first-order chi connectivity index (χ1) is 11.1. The molecule has 0 aliphatic carbocycles. The normalized spacial score (nSPS) is 10.7. The first-order valence-corrected chi connectivity index (χ1v) is 7.03. The van der Waals surface area contributed by atoms with Crippen molar-refractivity contribution < 1.29 is 24.3 Å². The first kappa shape index (κ1) is 16.9. The summed E-state index contributed by atoms with van der Waals surface area (Å²) in [6, 6.07) is 10.7. The zero-order chi connectivity index (χ0) is 16.8. The van der Waals surface area contributed by atoms with Gasteiger partial charge >= 0.3 is 7.12 Å². The molecular weight excluding hydrogens is 295 g/mol. The average molecular weight is 314 g/mol. The minimum Gasteiger partial charge on any atom is -0.493 e. The molecule has 2 aromatic rings. The zero-order valence-corrected chi connectivity index (χ0v) is 13.3. The van der Waals surface area contributed by atoms with E-state index in [2.05, 4.69) is 0 Å². The van der Waals surface area contributed by atoms with Crippen LogP contribution in [0.3, 0.4) is 0 Å². The molecule has 5 nitrogen and oxygen atoms in total. The Morgan fingerprint density at radius 3 is 1.74 bits per heavy atom. The SMILES string of the molecule is COc1cc(C=Cc2ccc(B(O)O)cc2)cc(OC)c1OC. The summed E-state index contributed by atoms with van der Waals surface area (Å²) < 4.78 is 15.9. The highest BCUT2D eigenvalue weighted by Gasteiger charge is 2.12. The Kier molecular flexibility index (Phi) is 5.68. The molecule has 0 aliphatic heterocycles. The van der Waals surface area contributed by atoms with Crippen molar-refractivity contribution >= 4 is 24.7 Å². The lowest BCUT2D eigenvalue weighted by Crippen LogP contribution is -2.29. The Bertz CT molecular complexity index is 655. The van der Waals surface area contributed by atoms with Crippen molar-refractivity contribution in [1.29, 1.82) is 0 Å². The molecule has 23 heavy (non-hydrogen) atoms. The summed E-state index contributed by atoms with van der Waals surface area (Å²) in [6.07, 6.45) is 3.82. The van der Waals surface area contributed by atoms with E-state index in [1.807, 2.05) is 36.4 Å². The molecule has 0 saturated heterocycles. The summed E-state index contributed by atoms with van der Waals surface area (Å²) in [5.74, 6) is 1.73. The van der Waals surface area contributed by atoms with Crippen LogP contribution in [0.2, 0.25) is 0 Å². The van der Waals surface area contributed by atoms with Crippen LogP contribution >= 0.6 is 0 Å². The van der Waals surface area contributed by atoms with E-state index in [9.17, 15) is 0 Å².